The zero-order chi connectivity index (χ0) is 21.7. The zero-order valence-electron chi connectivity index (χ0n) is 18.4. The quantitative estimate of drug-likeness (QED) is 0.674. The van der Waals surface area contributed by atoms with Gasteiger partial charge in [-0.1, -0.05) is 17.7 Å². The lowest BCUT2D eigenvalue weighted by Crippen LogP contribution is -2.49. The van der Waals surface area contributed by atoms with E-state index in [1.807, 2.05) is 11.9 Å². The highest BCUT2D eigenvalue weighted by Crippen LogP contribution is 2.31. The van der Waals surface area contributed by atoms with Crippen molar-refractivity contribution in [3.8, 4) is 5.75 Å². The number of rotatable bonds is 7. The minimum atomic E-state index is 0.0778. The Hall–Kier alpha value is -2.08. The summed E-state index contributed by atoms with van der Waals surface area (Å²) >= 11 is 5.94. The maximum atomic E-state index is 12.7. The number of nitrogens with zero attached hydrogens (tertiary/aromatic N) is 2. The molecule has 1 saturated heterocycles. The highest BCUT2D eigenvalue weighted by molar-refractivity contribution is 6.30. The summed E-state index contributed by atoms with van der Waals surface area (Å²) in [5.74, 6) is 1.03. The molecular weight excluding hydrogens is 398 g/mol. The molecule has 1 heterocycles. The van der Waals surface area contributed by atoms with Crippen LogP contribution in [-0.2, 0) is 0 Å². The van der Waals surface area contributed by atoms with Crippen molar-refractivity contribution in [3.63, 3.8) is 0 Å². The van der Waals surface area contributed by atoms with Gasteiger partial charge in [-0.2, -0.15) is 0 Å². The molecule has 30 heavy (non-hydrogen) atoms. The van der Waals surface area contributed by atoms with Crippen molar-refractivity contribution in [2.24, 2.45) is 0 Å². The van der Waals surface area contributed by atoms with Crippen LogP contribution in [0, 0.1) is 13.8 Å². The van der Waals surface area contributed by atoms with Crippen LogP contribution in [0.5, 0.6) is 5.75 Å². The van der Waals surface area contributed by atoms with Crippen LogP contribution in [0.4, 0.5) is 0 Å². The fourth-order valence-electron chi connectivity index (χ4n) is 3.97. The Bertz CT molecular complexity index is 861. The van der Waals surface area contributed by atoms with E-state index < -0.39 is 0 Å². The maximum absolute atomic E-state index is 12.7. The molecule has 5 nitrogen and oxygen atoms in total. The normalized spacial score (nSPS) is 15.8. The molecule has 0 aromatic heterocycles. The third kappa shape index (κ3) is 5.15. The van der Waals surface area contributed by atoms with Crippen molar-refractivity contribution in [2.45, 2.75) is 26.8 Å². The first-order chi connectivity index (χ1) is 14.4. The highest BCUT2D eigenvalue weighted by Gasteiger charge is 2.26. The van der Waals surface area contributed by atoms with Crippen LogP contribution in [0.2, 0.25) is 5.02 Å². The number of carbonyl (C=O) groups excluding carboxylic acids is 1. The molecule has 0 spiro atoms. The highest BCUT2D eigenvalue weighted by atomic mass is 35.5. The van der Waals surface area contributed by atoms with Crippen LogP contribution in [0.1, 0.15) is 40.0 Å². The van der Waals surface area contributed by atoms with E-state index in [9.17, 15) is 4.79 Å². The lowest BCUT2D eigenvalue weighted by atomic mass is 9.96. The third-order valence-electron chi connectivity index (χ3n) is 6.08. The number of benzene rings is 2. The Morgan fingerprint density at radius 1 is 1.07 bits per heavy atom. The molecule has 1 fully saturated rings. The van der Waals surface area contributed by atoms with Crippen LogP contribution in [0.15, 0.2) is 36.4 Å². The first-order valence-corrected chi connectivity index (χ1v) is 11.0. The first-order valence-electron chi connectivity index (χ1n) is 10.6. The summed E-state index contributed by atoms with van der Waals surface area (Å²) < 4.78 is 5.90. The van der Waals surface area contributed by atoms with Crippen molar-refractivity contribution >= 4 is 17.5 Å². The van der Waals surface area contributed by atoms with E-state index in [1.54, 1.807) is 24.3 Å². The number of hydrogen-bond donors (Lipinski definition) is 1. The second-order valence-corrected chi connectivity index (χ2v) is 8.30. The lowest BCUT2D eigenvalue weighted by molar-refractivity contribution is 0.0581. The van der Waals surface area contributed by atoms with Crippen molar-refractivity contribution in [1.29, 1.82) is 0 Å². The molecule has 0 saturated carbocycles. The van der Waals surface area contributed by atoms with Gasteiger partial charge in [0.05, 0.1) is 0 Å². The molecule has 162 valence electrons. The number of hydrogen-bond acceptors (Lipinski definition) is 4. The van der Waals surface area contributed by atoms with Gasteiger partial charge in [0, 0.05) is 49.4 Å². The van der Waals surface area contributed by atoms with Gasteiger partial charge in [-0.15, -0.1) is 0 Å². The summed E-state index contributed by atoms with van der Waals surface area (Å²) in [7, 11) is 1.93. The Labute approximate surface area is 185 Å². The van der Waals surface area contributed by atoms with Crippen LogP contribution < -0.4 is 10.1 Å². The van der Waals surface area contributed by atoms with E-state index in [0.717, 1.165) is 38.5 Å². The van der Waals surface area contributed by atoms with Gasteiger partial charge in [-0.05, 0) is 74.8 Å². The van der Waals surface area contributed by atoms with Crippen LogP contribution in [0.25, 0.3) is 0 Å². The fraction of sp³-hybridized carbons (Fsp3) is 0.458. The van der Waals surface area contributed by atoms with Crippen molar-refractivity contribution in [2.75, 3.05) is 46.4 Å². The average molecular weight is 430 g/mol. The summed E-state index contributed by atoms with van der Waals surface area (Å²) in [6.07, 6.45) is 0. The summed E-state index contributed by atoms with van der Waals surface area (Å²) in [5, 5.41) is 3.75. The van der Waals surface area contributed by atoms with Crippen molar-refractivity contribution < 1.29 is 9.53 Å². The van der Waals surface area contributed by atoms with E-state index in [2.05, 4.69) is 43.1 Å². The zero-order valence-corrected chi connectivity index (χ0v) is 19.1. The summed E-state index contributed by atoms with van der Waals surface area (Å²) in [5.41, 5.74) is 4.50. The molecule has 2 aromatic carbocycles. The van der Waals surface area contributed by atoms with Crippen molar-refractivity contribution in [3.05, 3.63) is 63.7 Å². The van der Waals surface area contributed by atoms with Gasteiger partial charge >= 0.3 is 0 Å². The predicted molar refractivity (Wildman–Crippen MR) is 123 cm³/mol. The number of halogens is 1. The second-order valence-electron chi connectivity index (χ2n) is 7.87. The number of carbonyl (C=O) groups is 1. The van der Waals surface area contributed by atoms with Gasteiger partial charge < -0.3 is 15.0 Å². The lowest BCUT2D eigenvalue weighted by Gasteiger charge is -2.39. The fourth-order valence-corrected chi connectivity index (χ4v) is 4.10. The average Bonchev–Trinajstić information content (AvgIpc) is 2.76. The van der Waals surface area contributed by atoms with E-state index in [-0.39, 0.29) is 5.91 Å². The van der Waals surface area contributed by atoms with Crippen LogP contribution in [0.3, 0.4) is 0 Å². The molecular formula is C24H32ClN3O2. The minimum absolute atomic E-state index is 0.0778. The first kappa shape index (κ1) is 22.6. The number of piperazine rings is 1. The van der Waals surface area contributed by atoms with E-state index in [4.69, 9.17) is 16.3 Å². The molecule has 0 radical (unpaired) electrons. The standard InChI is InChI=1S/C24H32ClN3O2/c1-17-18(2)23(30-16-11-26-4)10-9-22(17)19(3)27-12-14-28(15-13-27)24(29)20-5-7-21(25)8-6-20/h5-10,19,26H,11-16H2,1-4H3. The van der Waals surface area contributed by atoms with Gasteiger partial charge in [0.1, 0.15) is 12.4 Å². The van der Waals surface area contributed by atoms with E-state index in [0.29, 0.717) is 23.2 Å². The Morgan fingerprint density at radius 3 is 2.37 bits per heavy atom. The molecule has 0 aliphatic carbocycles. The molecule has 0 bridgehead atoms. The minimum Gasteiger partial charge on any atom is -0.492 e. The third-order valence-corrected chi connectivity index (χ3v) is 6.33. The molecule has 2 aromatic rings. The van der Waals surface area contributed by atoms with Crippen molar-refractivity contribution in [1.82, 2.24) is 15.1 Å². The molecule has 1 amide bonds. The number of likely N-dealkylation sites (N-methyl/N-ethyl adjacent to an activating group) is 1. The Morgan fingerprint density at radius 2 is 1.73 bits per heavy atom. The van der Waals surface area contributed by atoms with Gasteiger partial charge in [-0.25, -0.2) is 0 Å². The summed E-state index contributed by atoms with van der Waals surface area (Å²) in [4.78, 5) is 17.1. The van der Waals surface area contributed by atoms with Gasteiger partial charge in [-0.3, -0.25) is 9.69 Å². The predicted octanol–water partition coefficient (Wildman–Crippen LogP) is 4.07. The number of amides is 1. The molecule has 1 unspecified atom stereocenters. The van der Waals surface area contributed by atoms with E-state index in [1.165, 1.54) is 16.7 Å². The maximum Gasteiger partial charge on any atom is 0.253 e. The number of ether oxygens (including phenoxy) is 1. The molecule has 6 heteroatoms. The Balaban J connectivity index is 1.62. The van der Waals surface area contributed by atoms with Gasteiger partial charge in [0.2, 0.25) is 0 Å². The molecule has 1 atom stereocenters. The molecule has 1 N–H and O–H groups in total. The van der Waals surface area contributed by atoms with Crippen LogP contribution >= 0.6 is 11.6 Å². The number of nitrogens with one attached hydrogen (secondary N) is 1. The summed E-state index contributed by atoms with van der Waals surface area (Å²) in [6.45, 7) is 11.2. The SMILES string of the molecule is CNCCOc1ccc(C(C)N2CCN(C(=O)c3ccc(Cl)cc3)CC2)c(C)c1C. The Kier molecular flexibility index (Phi) is 7.75. The van der Waals surface area contributed by atoms with Crippen LogP contribution in [-0.4, -0.2) is 62.1 Å². The monoisotopic (exact) mass is 429 g/mol. The topological polar surface area (TPSA) is 44.8 Å². The summed E-state index contributed by atoms with van der Waals surface area (Å²) in [6, 6.07) is 11.7. The van der Waals surface area contributed by atoms with E-state index >= 15 is 0 Å². The largest absolute Gasteiger partial charge is 0.492 e. The second kappa shape index (κ2) is 10.3. The molecule has 1 aliphatic heterocycles. The van der Waals surface area contributed by atoms with Gasteiger partial charge in [0.15, 0.2) is 0 Å². The molecule has 3 rings (SSSR count). The smallest absolute Gasteiger partial charge is 0.253 e. The van der Waals surface area contributed by atoms with Gasteiger partial charge in [0.25, 0.3) is 5.91 Å². The molecule has 1 aliphatic rings.